The highest BCUT2D eigenvalue weighted by molar-refractivity contribution is 6.28. The van der Waals surface area contributed by atoms with Crippen LogP contribution in [0.5, 0.6) is 0 Å². The smallest absolute Gasteiger partial charge is 0.167 e. The van der Waals surface area contributed by atoms with Crippen LogP contribution in [0.15, 0.2) is 0 Å². The largest absolute Gasteiger partial charge is 0.308 e. The average molecular weight is 164 g/mol. The summed E-state index contributed by atoms with van der Waals surface area (Å²) in [5.74, 6) is 0.143. The van der Waals surface area contributed by atoms with Crippen molar-refractivity contribution < 1.29 is 4.79 Å². The summed E-state index contributed by atoms with van der Waals surface area (Å²) in [4.78, 5) is 11.1. The number of alkyl halides is 1. The molecule has 0 saturated carbocycles. The molecule has 10 heavy (non-hydrogen) atoms. The summed E-state index contributed by atoms with van der Waals surface area (Å²) in [6, 6.07) is 0. The summed E-state index contributed by atoms with van der Waals surface area (Å²) < 4.78 is 0. The van der Waals surface area contributed by atoms with E-state index in [1.807, 2.05) is 13.8 Å². The van der Waals surface area contributed by atoms with Crippen molar-refractivity contribution >= 4 is 17.4 Å². The molecule has 0 aliphatic rings. The van der Waals surface area contributed by atoms with Gasteiger partial charge in [-0.3, -0.25) is 4.79 Å². The molecule has 0 aromatic carbocycles. The van der Waals surface area contributed by atoms with Gasteiger partial charge in [0.15, 0.2) is 5.78 Å². The van der Waals surface area contributed by atoms with Gasteiger partial charge in [0, 0.05) is 0 Å². The average Bonchev–Trinajstić information content (AvgIpc) is 2.01. The Bertz CT molecular complexity index is 121. The van der Waals surface area contributed by atoms with Crippen molar-refractivity contribution in [3.05, 3.63) is 0 Å². The minimum atomic E-state index is -0.429. The standard InChI is InChI=1S/C7H14ClNO/c1-4-7(2,9-3)6(10)5-8/h9H,4-5H2,1-3H3. The molecule has 2 nitrogen and oxygen atoms in total. The highest BCUT2D eigenvalue weighted by Crippen LogP contribution is 2.10. The number of hydrogen-bond acceptors (Lipinski definition) is 2. The molecule has 0 saturated heterocycles. The topological polar surface area (TPSA) is 29.1 Å². The molecule has 0 bridgehead atoms. The predicted molar refractivity (Wildman–Crippen MR) is 43.5 cm³/mol. The number of Topliss-reactive ketones (excluding diaryl/α,β-unsaturated/α-hetero) is 1. The Morgan fingerprint density at radius 2 is 2.20 bits per heavy atom. The normalized spacial score (nSPS) is 16.4. The van der Waals surface area contributed by atoms with E-state index in [1.54, 1.807) is 7.05 Å². The van der Waals surface area contributed by atoms with E-state index < -0.39 is 5.54 Å². The van der Waals surface area contributed by atoms with Crippen molar-refractivity contribution in [1.82, 2.24) is 5.32 Å². The molecule has 0 amide bonds. The van der Waals surface area contributed by atoms with Gasteiger partial charge in [0.05, 0.1) is 11.4 Å². The van der Waals surface area contributed by atoms with Gasteiger partial charge in [-0.15, -0.1) is 11.6 Å². The molecule has 1 N–H and O–H groups in total. The van der Waals surface area contributed by atoms with Crippen LogP contribution >= 0.6 is 11.6 Å². The molecule has 0 aromatic heterocycles. The minimum absolute atomic E-state index is 0.0548. The fraction of sp³-hybridized carbons (Fsp3) is 0.857. The van der Waals surface area contributed by atoms with Crippen molar-refractivity contribution in [3.63, 3.8) is 0 Å². The quantitative estimate of drug-likeness (QED) is 0.631. The first-order valence-electron chi connectivity index (χ1n) is 3.39. The van der Waals surface area contributed by atoms with E-state index >= 15 is 0 Å². The first-order valence-corrected chi connectivity index (χ1v) is 3.92. The second kappa shape index (κ2) is 3.94. The molecule has 1 atom stereocenters. The first kappa shape index (κ1) is 9.92. The maximum Gasteiger partial charge on any atom is 0.167 e. The molecule has 0 spiro atoms. The van der Waals surface area contributed by atoms with Gasteiger partial charge >= 0.3 is 0 Å². The Hall–Kier alpha value is -0.0800. The van der Waals surface area contributed by atoms with E-state index in [0.29, 0.717) is 0 Å². The van der Waals surface area contributed by atoms with Gasteiger partial charge in [0.2, 0.25) is 0 Å². The predicted octanol–water partition coefficient (Wildman–Crippen LogP) is 1.18. The molecule has 1 unspecified atom stereocenters. The molecule has 0 radical (unpaired) electrons. The number of carbonyl (C=O) groups is 1. The summed E-state index contributed by atoms with van der Waals surface area (Å²) >= 11 is 5.40. The van der Waals surface area contributed by atoms with Gasteiger partial charge in [0.25, 0.3) is 0 Å². The molecule has 0 rings (SSSR count). The number of likely N-dealkylation sites (N-methyl/N-ethyl adjacent to an activating group) is 1. The van der Waals surface area contributed by atoms with E-state index in [0.717, 1.165) is 6.42 Å². The maximum absolute atomic E-state index is 11.1. The van der Waals surface area contributed by atoms with Crippen LogP contribution in [0.3, 0.4) is 0 Å². The summed E-state index contributed by atoms with van der Waals surface area (Å²) in [6.07, 6.45) is 0.773. The molecule has 3 heteroatoms. The van der Waals surface area contributed by atoms with E-state index in [-0.39, 0.29) is 11.7 Å². The molecule has 0 aromatic rings. The summed E-state index contributed by atoms with van der Waals surface area (Å²) in [5, 5.41) is 2.94. The Labute approximate surface area is 66.9 Å². The van der Waals surface area contributed by atoms with E-state index in [4.69, 9.17) is 11.6 Å². The van der Waals surface area contributed by atoms with Crippen molar-refractivity contribution in [2.24, 2.45) is 0 Å². The van der Waals surface area contributed by atoms with Crippen molar-refractivity contribution in [2.45, 2.75) is 25.8 Å². The van der Waals surface area contributed by atoms with Gasteiger partial charge in [-0.1, -0.05) is 6.92 Å². The minimum Gasteiger partial charge on any atom is -0.308 e. The zero-order valence-electron chi connectivity index (χ0n) is 6.70. The second-order valence-electron chi connectivity index (χ2n) is 2.49. The molecular formula is C7H14ClNO. The maximum atomic E-state index is 11.1. The fourth-order valence-electron chi connectivity index (χ4n) is 0.661. The Morgan fingerprint density at radius 3 is 2.30 bits per heavy atom. The van der Waals surface area contributed by atoms with Gasteiger partial charge in [-0.2, -0.15) is 0 Å². The van der Waals surface area contributed by atoms with E-state index in [1.165, 1.54) is 0 Å². The third kappa shape index (κ3) is 1.96. The number of rotatable bonds is 4. The van der Waals surface area contributed by atoms with E-state index in [2.05, 4.69) is 5.32 Å². The van der Waals surface area contributed by atoms with Crippen LogP contribution in [0.2, 0.25) is 0 Å². The lowest BCUT2D eigenvalue weighted by molar-refractivity contribution is -0.122. The van der Waals surface area contributed by atoms with Gasteiger partial charge in [-0.05, 0) is 20.4 Å². The second-order valence-corrected chi connectivity index (χ2v) is 2.76. The molecular weight excluding hydrogens is 150 g/mol. The number of nitrogens with one attached hydrogen (secondary N) is 1. The molecule has 0 aliphatic heterocycles. The van der Waals surface area contributed by atoms with Crippen LogP contribution in [-0.2, 0) is 4.79 Å². The molecule has 0 heterocycles. The van der Waals surface area contributed by atoms with E-state index in [9.17, 15) is 4.79 Å². The van der Waals surface area contributed by atoms with Crippen molar-refractivity contribution in [3.8, 4) is 0 Å². The number of carbonyl (C=O) groups excluding carboxylic acids is 1. The monoisotopic (exact) mass is 163 g/mol. The highest BCUT2D eigenvalue weighted by atomic mass is 35.5. The fourth-order valence-corrected chi connectivity index (χ4v) is 0.956. The molecule has 60 valence electrons. The van der Waals surface area contributed by atoms with Crippen LogP contribution in [-0.4, -0.2) is 24.2 Å². The van der Waals surface area contributed by atoms with Gasteiger partial charge in [0.1, 0.15) is 0 Å². The lowest BCUT2D eigenvalue weighted by Crippen LogP contribution is -2.47. The Morgan fingerprint density at radius 1 is 1.70 bits per heavy atom. The van der Waals surface area contributed by atoms with Crippen LogP contribution in [0.25, 0.3) is 0 Å². The number of halogens is 1. The zero-order valence-corrected chi connectivity index (χ0v) is 7.46. The SMILES string of the molecule is CCC(C)(NC)C(=O)CCl. The summed E-state index contributed by atoms with van der Waals surface area (Å²) in [5.41, 5.74) is -0.429. The third-order valence-electron chi connectivity index (χ3n) is 2.00. The number of hydrogen-bond donors (Lipinski definition) is 1. The van der Waals surface area contributed by atoms with Crippen LogP contribution in [0.1, 0.15) is 20.3 Å². The summed E-state index contributed by atoms with van der Waals surface area (Å²) in [7, 11) is 1.77. The Balaban J connectivity index is 4.17. The molecule has 0 aliphatic carbocycles. The van der Waals surface area contributed by atoms with Crippen molar-refractivity contribution in [1.29, 1.82) is 0 Å². The Kier molecular flexibility index (Phi) is 3.91. The lowest BCUT2D eigenvalue weighted by atomic mass is 9.95. The summed E-state index contributed by atoms with van der Waals surface area (Å²) in [6.45, 7) is 3.82. The first-order chi connectivity index (χ1) is 4.60. The van der Waals surface area contributed by atoms with Gasteiger partial charge < -0.3 is 5.32 Å². The van der Waals surface area contributed by atoms with Crippen LogP contribution in [0, 0.1) is 0 Å². The van der Waals surface area contributed by atoms with Crippen LogP contribution in [0.4, 0.5) is 0 Å². The third-order valence-corrected chi connectivity index (χ3v) is 2.24. The molecule has 0 fully saturated rings. The number of ketones is 1. The highest BCUT2D eigenvalue weighted by Gasteiger charge is 2.27. The van der Waals surface area contributed by atoms with Crippen LogP contribution < -0.4 is 5.32 Å². The lowest BCUT2D eigenvalue weighted by Gasteiger charge is -2.24. The zero-order chi connectivity index (χ0) is 8.20. The van der Waals surface area contributed by atoms with Gasteiger partial charge in [-0.25, -0.2) is 0 Å². The van der Waals surface area contributed by atoms with Crippen molar-refractivity contribution in [2.75, 3.05) is 12.9 Å².